The molecule has 0 radical (unpaired) electrons. The van der Waals surface area contributed by atoms with Crippen LogP contribution in [0.5, 0.6) is 5.75 Å². The number of hydrogen-bond acceptors (Lipinski definition) is 4. The molecule has 0 unspecified atom stereocenters. The minimum atomic E-state index is -0.422. The van der Waals surface area contributed by atoms with E-state index in [1.165, 1.54) is 10.9 Å². The van der Waals surface area contributed by atoms with E-state index in [-0.39, 0.29) is 12.2 Å². The van der Waals surface area contributed by atoms with E-state index in [0.29, 0.717) is 31.9 Å². The van der Waals surface area contributed by atoms with E-state index >= 15 is 0 Å². The van der Waals surface area contributed by atoms with Crippen molar-refractivity contribution in [1.29, 1.82) is 5.26 Å². The second-order valence-corrected chi connectivity index (χ2v) is 8.86. The van der Waals surface area contributed by atoms with Gasteiger partial charge in [0.2, 0.25) is 0 Å². The highest BCUT2D eigenvalue weighted by Crippen LogP contribution is 2.39. The molecule has 0 aliphatic heterocycles. The molecule has 0 bridgehead atoms. The van der Waals surface area contributed by atoms with Gasteiger partial charge in [0.25, 0.3) is 0 Å². The van der Waals surface area contributed by atoms with E-state index in [9.17, 15) is 9.65 Å². The third-order valence-electron chi connectivity index (χ3n) is 4.99. The lowest BCUT2D eigenvalue weighted by Gasteiger charge is -2.11. The second kappa shape index (κ2) is 9.18. The van der Waals surface area contributed by atoms with E-state index in [1.807, 2.05) is 0 Å². The molecule has 0 atom stereocenters. The first-order chi connectivity index (χ1) is 14.6. The van der Waals surface area contributed by atoms with Gasteiger partial charge in [0, 0.05) is 27.2 Å². The van der Waals surface area contributed by atoms with Crippen LogP contribution < -0.4 is 4.74 Å². The molecule has 4 rings (SSSR count). The van der Waals surface area contributed by atoms with Gasteiger partial charge in [0.1, 0.15) is 29.2 Å². The van der Waals surface area contributed by atoms with Crippen LogP contribution in [0.2, 0.25) is 10.0 Å². The van der Waals surface area contributed by atoms with Crippen molar-refractivity contribution in [2.24, 2.45) is 4.99 Å². The van der Waals surface area contributed by atoms with E-state index < -0.39 is 5.82 Å². The summed E-state index contributed by atoms with van der Waals surface area (Å²) in [5.74, 6) is 0.0804. The minimum absolute atomic E-state index is 0.0231. The zero-order valence-electron chi connectivity index (χ0n) is 15.9. The Morgan fingerprint density at radius 3 is 2.83 bits per heavy atom. The molecule has 1 heterocycles. The Bertz CT molecular complexity index is 1150. The predicted molar refractivity (Wildman–Crippen MR) is 120 cm³/mol. The third kappa shape index (κ3) is 4.37. The van der Waals surface area contributed by atoms with E-state index in [1.54, 1.807) is 47.9 Å². The highest BCUT2D eigenvalue weighted by Gasteiger charge is 2.20. The van der Waals surface area contributed by atoms with Crippen molar-refractivity contribution in [2.75, 3.05) is 0 Å². The first-order valence-electron chi connectivity index (χ1n) is 9.50. The van der Waals surface area contributed by atoms with Crippen LogP contribution in [0, 0.1) is 17.1 Å². The summed E-state index contributed by atoms with van der Waals surface area (Å²) in [6.45, 7) is -0.0231. The molecule has 152 valence electrons. The minimum Gasteiger partial charge on any atom is -0.488 e. The normalized spacial score (nSPS) is 13.3. The highest BCUT2D eigenvalue weighted by atomic mass is 35.5. The number of ether oxygens (including phenoxy) is 1. The lowest BCUT2D eigenvalue weighted by atomic mass is 9.96. The summed E-state index contributed by atoms with van der Waals surface area (Å²) >= 11 is 13.8. The number of nitrogens with zero attached hydrogens (tertiary/aromatic N) is 2. The summed E-state index contributed by atoms with van der Waals surface area (Å²) in [6, 6.07) is 12.0. The van der Waals surface area contributed by atoms with Crippen LogP contribution in [0.15, 0.2) is 41.4 Å². The largest absolute Gasteiger partial charge is 0.488 e. The number of halogens is 3. The maximum Gasteiger partial charge on any atom is 0.134 e. The Kier molecular flexibility index (Phi) is 6.38. The fraction of sp³-hybridized carbons (Fsp3) is 0.217. The van der Waals surface area contributed by atoms with Gasteiger partial charge < -0.3 is 4.74 Å². The standard InChI is InChI=1S/C23H17Cl2FN2OS/c24-15-8-9-21(29-13-18-19(25)5-3-6-20(18)26)14(10-15)12-28-23-17(11-27)16-4-1-2-7-22(16)30-23/h3,5-6,8-10,12H,1-2,4,7,13H2. The molecule has 3 nitrogen and oxygen atoms in total. The third-order valence-corrected chi connectivity index (χ3v) is 6.78. The summed E-state index contributed by atoms with van der Waals surface area (Å²) in [6.07, 6.45) is 5.82. The first kappa shape index (κ1) is 20.9. The monoisotopic (exact) mass is 458 g/mol. The maximum absolute atomic E-state index is 14.0. The average Bonchev–Trinajstić information content (AvgIpc) is 3.10. The van der Waals surface area contributed by atoms with Crippen LogP contribution in [-0.4, -0.2) is 6.21 Å². The van der Waals surface area contributed by atoms with Crippen molar-refractivity contribution >= 4 is 45.8 Å². The molecule has 0 N–H and O–H groups in total. The summed E-state index contributed by atoms with van der Waals surface area (Å²) < 4.78 is 19.9. The van der Waals surface area contributed by atoms with Crippen molar-refractivity contribution in [2.45, 2.75) is 32.3 Å². The van der Waals surface area contributed by atoms with Gasteiger partial charge in [-0.2, -0.15) is 5.26 Å². The Labute approximate surface area is 188 Å². The molecule has 0 spiro atoms. The lowest BCUT2D eigenvalue weighted by Crippen LogP contribution is -2.01. The zero-order chi connectivity index (χ0) is 21.1. The fourth-order valence-corrected chi connectivity index (χ4v) is 5.04. The summed E-state index contributed by atoms with van der Waals surface area (Å²) in [7, 11) is 0. The molecule has 0 saturated heterocycles. The number of rotatable bonds is 5. The maximum atomic E-state index is 14.0. The van der Waals surface area contributed by atoms with E-state index in [4.69, 9.17) is 27.9 Å². The van der Waals surface area contributed by atoms with E-state index in [2.05, 4.69) is 11.1 Å². The van der Waals surface area contributed by atoms with Gasteiger partial charge in [-0.3, -0.25) is 0 Å². The van der Waals surface area contributed by atoms with Crippen molar-refractivity contribution < 1.29 is 9.13 Å². The summed E-state index contributed by atoms with van der Waals surface area (Å²) in [4.78, 5) is 5.83. The molecule has 3 aromatic rings. The highest BCUT2D eigenvalue weighted by molar-refractivity contribution is 7.16. The van der Waals surface area contributed by atoms with Crippen molar-refractivity contribution in [3.8, 4) is 11.8 Å². The van der Waals surface area contributed by atoms with Gasteiger partial charge in [-0.15, -0.1) is 11.3 Å². The molecule has 1 aliphatic carbocycles. The topological polar surface area (TPSA) is 45.4 Å². The SMILES string of the molecule is N#Cc1c(N=Cc2cc(Cl)ccc2OCc2c(F)cccc2Cl)sc2c1CCCC2. The molecule has 0 amide bonds. The summed E-state index contributed by atoms with van der Waals surface area (Å²) in [5.41, 5.74) is 2.73. The Hall–Kier alpha value is -2.39. The zero-order valence-corrected chi connectivity index (χ0v) is 18.3. The number of fused-ring (bicyclic) bond motifs is 1. The number of thiophene rings is 1. The molecule has 7 heteroatoms. The summed E-state index contributed by atoms with van der Waals surface area (Å²) in [5, 5.41) is 11.1. The molecule has 1 aromatic heterocycles. The van der Waals surface area contributed by atoms with Gasteiger partial charge in [0.15, 0.2) is 0 Å². The number of aryl methyl sites for hydroxylation is 1. The Morgan fingerprint density at radius 1 is 1.20 bits per heavy atom. The molecular weight excluding hydrogens is 442 g/mol. The molecule has 0 saturated carbocycles. The number of hydrogen-bond donors (Lipinski definition) is 0. The average molecular weight is 459 g/mol. The van der Waals surface area contributed by atoms with Crippen LogP contribution in [0.4, 0.5) is 9.39 Å². The fourth-order valence-electron chi connectivity index (χ4n) is 3.46. The molecule has 2 aromatic carbocycles. The molecule has 0 fully saturated rings. The van der Waals surface area contributed by atoms with Crippen LogP contribution >= 0.6 is 34.5 Å². The predicted octanol–water partition coefficient (Wildman–Crippen LogP) is 7.27. The molecule has 30 heavy (non-hydrogen) atoms. The Morgan fingerprint density at radius 2 is 2.03 bits per heavy atom. The van der Waals surface area contributed by atoms with Crippen molar-refractivity contribution in [3.05, 3.63) is 79.4 Å². The van der Waals surface area contributed by atoms with Crippen molar-refractivity contribution in [3.63, 3.8) is 0 Å². The van der Waals surface area contributed by atoms with Gasteiger partial charge in [0.05, 0.1) is 10.6 Å². The number of aliphatic imine (C=N–C) groups is 1. The van der Waals surface area contributed by atoms with Gasteiger partial charge in [-0.05, 0) is 61.6 Å². The smallest absolute Gasteiger partial charge is 0.134 e. The second-order valence-electron chi connectivity index (χ2n) is 6.93. The Balaban J connectivity index is 1.62. The number of benzene rings is 2. The lowest BCUT2D eigenvalue weighted by molar-refractivity contribution is 0.299. The van der Waals surface area contributed by atoms with Crippen LogP contribution in [0.25, 0.3) is 0 Å². The van der Waals surface area contributed by atoms with Crippen LogP contribution in [-0.2, 0) is 19.4 Å². The van der Waals surface area contributed by atoms with Gasteiger partial charge >= 0.3 is 0 Å². The van der Waals surface area contributed by atoms with Crippen molar-refractivity contribution in [1.82, 2.24) is 0 Å². The molecular formula is C23H17Cl2FN2OS. The van der Waals surface area contributed by atoms with Crippen LogP contribution in [0.1, 0.15) is 40.0 Å². The first-order valence-corrected chi connectivity index (χ1v) is 11.1. The van der Waals surface area contributed by atoms with E-state index in [0.717, 1.165) is 31.2 Å². The quantitative estimate of drug-likeness (QED) is 0.377. The van der Waals surface area contributed by atoms with Gasteiger partial charge in [-0.25, -0.2) is 9.38 Å². The van der Waals surface area contributed by atoms with Gasteiger partial charge in [-0.1, -0.05) is 29.3 Å². The number of nitriles is 1. The molecule has 1 aliphatic rings. The van der Waals surface area contributed by atoms with Crippen LogP contribution in [0.3, 0.4) is 0 Å².